The van der Waals surface area contributed by atoms with Crippen molar-refractivity contribution >= 4 is 16.1 Å². The Morgan fingerprint density at radius 1 is 0.619 bits per heavy atom. The lowest BCUT2D eigenvalue weighted by Gasteiger charge is -2.13. The van der Waals surface area contributed by atoms with Crippen LogP contribution in [0.2, 0.25) is 0 Å². The van der Waals surface area contributed by atoms with E-state index in [1.54, 1.807) is 0 Å². The lowest BCUT2D eigenvalue weighted by atomic mass is 10.4. The van der Waals surface area contributed by atoms with E-state index in [9.17, 15) is 10.2 Å². The Morgan fingerprint density at radius 3 is 1.19 bits per heavy atom. The molecule has 0 spiro atoms. The molecule has 4 radical (unpaired) electrons. The van der Waals surface area contributed by atoms with Crippen LogP contribution in [0.1, 0.15) is 14.9 Å². The van der Waals surface area contributed by atoms with Gasteiger partial charge in [-0.05, 0) is 0 Å². The van der Waals surface area contributed by atoms with Gasteiger partial charge < -0.3 is 38.5 Å². The fourth-order valence-electron chi connectivity index (χ4n) is 0.988. The highest BCUT2D eigenvalue weighted by Crippen LogP contribution is 1.91. The molecule has 124 valence electrons. The van der Waals surface area contributed by atoms with Crippen molar-refractivity contribution in [3.63, 3.8) is 0 Å². The normalized spacial score (nSPS) is 13.0. The zero-order valence-electron chi connectivity index (χ0n) is 10.6. The van der Waals surface area contributed by atoms with Gasteiger partial charge >= 0.3 is 0 Å². The first-order valence-corrected chi connectivity index (χ1v) is 5.51. The van der Waals surface area contributed by atoms with Crippen LogP contribution in [0.25, 0.3) is 0 Å². The van der Waals surface area contributed by atoms with Crippen molar-refractivity contribution in [1.82, 2.24) is 0 Å². The standard InChI is InChI=1S/C9H18B2O8.2CH4/c10-18-6-16-3-8(12)1-14-5-15-2-9(13)4-17-7-19-11;;/h8-9,12-13H,1-7H2;2*1H4. The summed E-state index contributed by atoms with van der Waals surface area (Å²) in [4.78, 5) is 0. The molecular formula is C11H26B2O8. The minimum absolute atomic E-state index is 0. The molecular weight excluding hydrogens is 282 g/mol. The minimum atomic E-state index is -0.811. The van der Waals surface area contributed by atoms with Crippen molar-refractivity contribution in [1.29, 1.82) is 0 Å². The van der Waals surface area contributed by atoms with Crippen molar-refractivity contribution in [3.05, 3.63) is 0 Å². The van der Waals surface area contributed by atoms with Crippen LogP contribution in [0.3, 0.4) is 0 Å². The molecule has 2 atom stereocenters. The summed E-state index contributed by atoms with van der Waals surface area (Å²) >= 11 is 0. The number of aliphatic hydroxyl groups excluding tert-OH is 2. The molecule has 10 heteroatoms. The van der Waals surface area contributed by atoms with E-state index in [0.29, 0.717) is 0 Å². The van der Waals surface area contributed by atoms with Gasteiger partial charge in [0.2, 0.25) is 0 Å². The number of hydrogen-bond acceptors (Lipinski definition) is 8. The smallest absolute Gasteiger partial charge is 0.285 e. The van der Waals surface area contributed by atoms with Crippen LogP contribution in [0.4, 0.5) is 0 Å². The van der Waals surface area contributed by atoms with E-state index in [2.05, 4.69) is 9.31 Å². The number of ether oxygens (including phenoxy) is 4. The first-order valence-electron chi connectivity index (χ1n) is 5.51. The predicted octanol–water partition coefficient (Wildman–Crippen LogP) is -0.880. The van der Waals surface area contributed by atoms with E-state index >= 15 is 0 Å². The quantitative estimate of drug-likeness (QED) is 0.243. The summed E-state index contributed by atoms with van der Waals surface area (Å²) in [5.41, 5.74) is 0. The Hall–Kier alpha value is -0.190. The molecule has 21 heavy (non-hydrogen) atoms. The van der Waals surface area contributed by atoms with Crippen LogP contribution in [-0.4, -0.2) is 85.3 Å². The van der Waals surface area contributed by atoms with Gasteiger partial charge in [0.25, 0.3) is 16.1 Å². The SMILES string of the molecule is C.C.[B]OCOCC(O)COCOCC(O)COCO[B]. The molecule has 0 saturated carbocycles. The number of hydrogen-bond donors (Lipinski definition) is 2. The van der Waals surface area contributed by atoms with Crippen molar-refractivity contribution in [2.45, 2.75) is 27.1 Å². The first-order chi connectivity index (χ1) is 9.20. The van der Waals surface area contributed by atoms with Crippen LogP contribution >= 0.6 is 0 Å². The highest BCUT2D eigenvalue weighted by molar-refractivity contribution is 5.98. The van der Waals surface area contributed by atoms with Gasteiger partial charge in [0.05, 0.1) is 26.4 Å². The summed E-state index contributed by atoms with van der Waals surface area (Å²) < 4.78 is 27.9. The van der Waals surface area contributed by atoms with Crippen LogP contribution in [-0.2, 0) is 28.3 Å². The molecule has 0 aromatic rings. The maximum absolute atomic E-state index is 9.33. The van der Waals surface area contributed by atoms with E-state index in [0.717, 1.165) is 0 Å². The van der Waals surface area contributed by atoms with Gasteiger partial charge in [0, 0.05) is 0 Å². The zero-order chi connectivity index (χ0) is 14.3. The van der Waals surface area contributed by atoms with Crippen LogP contribution < -0.4 is 0 Å². The Bertz CT molecular complexity index is 172. The Morgan fingerprint density at radius 2 is 0.905 bits per heavy atom. The number of aliphatic hydroxyl groups is 2. The first kappa shape index (κ1) is 25.7. The maximum atomic E-state index is 9.33. The summed E-state index contributed by atoms with van der Waals surface area (Å²) in [6.07, 6.45) is -1.62. The Labute approximate surface area is 129 Å². The van der Waals surface area contributed by atoms with Crippen molar-refractivity contribution < 1.29 is 38.5 Å². The highest BCUT2D eigenvalue weighted by Gasteiger charge is 2.06. The van der Waals surface area contributed by atoms with E-state index in [1.807, 2.05) is 0 Å². The fourth-order valence-corrected chi connectivity index (χ4v) is 0.988. The lowest BCUT2D eigenvalue weighted by molar-refractivity contribution is -0.121. The molecule has 2 N–H and O–H groups in total. The second-order valence-electron chi connectivity index (χ2n) is 3.48. The Balaban J connectivity index is -0.00000162. The predicted molar refractivity (Wildman–Crippen MR) is 77.6 cm³/mol. The third-order valence-corrected chi connectivity index (χ3v) is 1.71. The molecule has 0 aromatic heterocycles. The summed E-state index contributed by atoms with van der Waals surface area (Å²) in [7, 11) is 9.44. The fraction of sp³-hybridized carbons (Fsp3) is 1.00. The van der Waals surface area contributed by atoms with Crippen molar-refractivity contribution in [2.75, 3.05) is 46.8 Å². The summed E-state index contributed by atoms with van der Waals surface area (Å²) in [5, 5.41) is 18.7. The molecule has 0 rings (SSSR count). The van der Waals surface area contributed by atoms with E-state index in [-0.39, 0.29) is 61.7 Å². The van der Waals surface area contributed by atoms with Crippen LogP contribution in [0.5, 0.6) is 0 Å². The van der Waals surface area contributed by atoms with Gasteiger partial charge in [-0.2, -0.15) is 0 Å². The summed E-state index contributed by atoms with van der Waals surface area (Å²) in [5.74, 6) is 0. The average molecular weight is 308 g/mol. The molecule has 2 unspecified atom stereocenters. The van der Waals surface area contributed by atoms with Gasteiger partial charge in [-0.15, -0.1) is 0 Å². The van der Waals surface area contributed by atoms with Gasteiger partial charge in [-0.25, -0.2) is 0 Å². The van der Waals surface area contributed by atoms with E-state index in [4.69, 9.17) is 35.0 Å². The minimum Gasteiger partial charge on any atom is -0.427 e. The summed E-state index contributed by atoms with van der Waals surface area (Å²) in [6.45, 7) is -0.163. The monoisotopic (exact) mass is 308 g/mol. The average Bonchev–Trinajstić information content (AvgIpc) is 2.39. The molecule has 0 amide bonds. The molecule has 0 fully saturated rings. The topological polar surface area (TPSA) is 95.8 Å². The Kier molecular flexibility index (Phi) is 24.3. The third-order valence-electron chi connectivity index (χ3n) is 1.71. The largest absolute Gasteiger partial charge is 0.427 e. The van der Waals surface area contributed by atoms with Gasteiger partial charge in [0.15, 0.2) is 0 Å². The molecule has 0 saturated heterocycles. The molecule has 0 heterocycles. The van der Waals surface area contributed by atoms with Gasteiger partial charge in [-0.1, -0.05) is 14.9 Å². The molecule has 0 bridgehead atoms. The molecule has 0 aliphatic rings. The van der Waals surface area contributed by atoms with Gasteiger partial charge in [0.1, 0.15) is 32.6 Å². The van der Waals surface area contributed by atoms with Crippen molar-refractivity contribution in [2.24, 2.45) is 0 Å². The molecule has 8 nitrogen and oxygen atoms in total. The molecule has 0 aliphatic carbocycles. The zero-order valence-corrected chi connectivity index (χ0v) is 10.6. The summed E-state index contributed by atoms with van der Waals surface area (Å²) in [6, 6.07) is 0. The maximum Gasteiger partial charge on any atom is 0.285 e. The highest BCUT2D eigenvalue weighted by atomic mass is 16.7. The second-order valence-corrected chi connectivity index (χ2v) is 3.48. The second kappa shape index (κ2) is 19.8. The third kappa shape index (κ3) is 19.8. The lowest BCUT2D eigenvalue weighted by Crippen LogP contribution is -2.25. The van der Waals surface area contributed by atoms with Crippen LogP contribution in [0, 0.1) is 0 Å². The molecule has 0 aliphatic heterocycles. The molecule has 0 aromatic carbocycles. The van der Waals surface area contributed by atoms with Gasteiger partial charge in [-0.3, -0.25) is 0 Å². The van der Waals surface area contributed by atoms with Crippen molar-refractivity contribution in [3.8, 4) is 0 Å². The van der Waals surface area contributed by atoms with E-state index < -0.39 is 12.2 Å². The van der Waals surface area contributed by atoms with Crippen LogP contribution in [0.15, 0.2) is 0 Å². The number of rotatable bonds is 14. The van der Waals surface area contributed by atoms with E-state index in [1.165, 1.54) is 0 Å².